The summed E-state index contributed by atoms with van der Waals surface area (Å²) in [5.41, 5.74) is 0. The Labute approximate surface area is 120 Å². The highest BCUT2D eigenvalue weighted by Crippen LogP contribution is 2.25. The molecule has 0 radical (unpaired) electrons. The van der Waals surface area contributed by atoms with Crippen molar-refractivity contribution in [2.45, 2.75) is 51.2 Å². The quantitative estimate of drug-likeness (QED) is 0.917. The predicted molar refractivity (Wildman–Crippen MR) is 76.9 cm³/mol. The molecule has 110 valence electrons. The predicted octanol–water partition coefficient (Wildman–Crippen LogP) is 2.63. The zero-order valence-corrected chi connectivity index (χ0v) is 12.0. The van der Waals surface area contributed by atoms with Gasteiger partial charge in [-0.25, -0.2) is 4.98 Å². The van der Waals surface area contributed by atoms with Gasteiger partial charge in [-0.3, -0.25) is 0 Å². The summed E-state index contributed by atoms with van der Waals surface area (Å²) in [5.74, 6) is 2.18. The molecule has 2 fully saturated rings. The lowest BCUT2D eigenvalue weighted by atomic mass is 9.87. The van der Waals surface area contributed by atoms with E-state index in [2.05, 4.69) is 22.2 Å². The molecule has 1 aromatic rings. The third-order valence-corrected chi connectivity index (χ3v) is 4.15. The van der Waals surface area contributed by atoms with Crippen LogP contribution in [-0.2, 0) is 4.74 Å². The lowest BCUT2D eigenvalue weighted by molar-refractivity contribution is 0.138. The Bertz CT molecular complexity index is 427. The van der Waals surface area contributed by atoms with Crippen LogP contribution >= 0.6 is 0 Å². The molecular formula is C15H23N3O2. The van der Waals surface area contributed by atoms with Gasteiger partial charge in [-0.1, -0.05) is 6.92 Å². The molecule has 5 nitrogen and oxygen atoms in total. The summed E-state index contributed by atoms with van der Waals surface area (Å²) < 4.78 is 11.1. The van der Waals surface area contributed by atoms with E-state index in [9.17, 15) is 0 Å². The van der Waals surface area contributed by atoms with Gasteiger partial charge in [-0.05, 0) is 31.6 Å². The van der Waals surface area contributed by atoms with Crippen LogP contribution in [0.25, 0.3) is 0 Å². The first-order valence-corrected chi connectivity index (χ1v) is 7.63. The van der Waals surface area contributed by atoms with Crippen molar-refractivity contribution < 1.29 is 9.47 Å². The third kappa shape index (κ3) is 3.60. The number of anilines is 1. The van der Waals surface area contributed by atoms with E-state index in [4.69, 9.17) is 9.47 Å². The van der Waals surface area contributed by atoms with E-state index in [1.54, 1.807) is 6.20 Å². The summed E-state index contributed by atoms with van der Waals surface area (Å²) >= 11 is 0. The van der Waals surface area contributed by atoms with E-state index in [0.29, 0.717) is 24.5 Å². The van der Waals surface area contributed by atoms with Gasteiger partial charge in [0.05, 0.1) is 13.2 Å². The monoisotopic (exact) mass is 277 g/mol. The van der Waals surface area contributed by atoms with E-state index >= 15 is 0 Å². The van der Waals surface area contributed by atoms with E-state index in [1.165, 1.54) is 25.7 Å². The Morgan fingerprint density at radius 3 is 2.85 bits per heavy atom. The highest BCUT2D eigenvalue weighted by atomic mass is 16.5. The molecular weight excluding hydrogens is 254 g/mol. The average Bonchev–Trinajstić information content (AvgIpc) is 2.95. The first-order chi connectivity index (χ1) is 9.79. The lowest BCUT2D eigenvalue weighted by Crippen LogP contribution is -2.26. The molecule has 1 saturated heterocycles. The van der Waals surface area contributed by atoms with Gasteiger partial charge in [0, 0.05) is 24.7 Å². The first kappa shape index (κ1) is 13.6. The molecule has 1 aromatic heterocycles. The van der Waals surface area contributed by atoms with Crippen LogP contribution in [0.1, 0.15) is 39.0 Å². The van der Waals surface area contributed by atoms with Gasteiger partial charge in [-0.2, -0.15) is 4.98 Å². The fourth-order valence-corrected chi connectivity index (χ4v) is 2.84. The molecule has 2 heterocycles. The topological polar surface area (TPSA) is 56.3 Å². The number of nitrogens with one attached hydrogen (secondary N) is 1. The maximum atomic E-state index is 5.81. The van der Waals surface area contributed by atoms with E-state index in [0.717, 1.165) is 18.9 Å². The van der Waals surface area contributed by atoms with Crippen molar-refractivity contribution in [3.8, 4) is 5.88 Å². The molecule has 5 heteroatoms. The molecule has 1 atom stereocenters. The third-order valence-electron chi connectivity index (χ3n) is 4.15. The minimum atomic E-state index is 0.133. The van der Waals surface area contributed by atoms with Crippen LogP contribution in [-0.4, -0.2) is 35.3 Å². The summed E-state index contributed by atoms with van der Waals surface area (Å²) in [7, 11) is 0. The molecule has 1 aliphatic heterocycles. The van der Waals surface area contributed by atoms with E-state index in [1.807, 2.05) is 6.07 Å². The summed E-state index contributed by atoms with van der Waals surface area (Å²) in [4.78, 5) is 8.74. The number of nitrogens with zero attached hydrogens (tertiary/aromatic N) is 2. The standard InChI is InChI=1S/C15H23N3O2/c1-11-2-4-12(5-3-11)17-15-16-8-6-14(18-15)20-13-7-9-19-10-13/h6,8,11-13H,2-5,7,9-10H2,1H3,(H,16,17,18)/t11-,12-,13-/m1/s1. The maximum absolute atomic E-state index is 5.81. The first-order valence-electron chi connectivity index (χ1n) is 7.63. The number of hydrogen-bond acceptors (Lipinski definition) is 5. The Morgan fingerprint density at radius 2 is 2.10 bits per heavy atom. The van der Waals surface area contributed by atoms with Crippen LogP contribution in [0.4, 0.5) is 5.95 Å². The van der Waals surface area contributed by atoms with Crippen molar-refractivity contribution in [1.82, 2.24) is 9.97 Å². The van der Waals surface area contributed by atoms with Gasteiger partial charge in [0.1, 0.15) is 6.10 Å². The SMILES string of the molecule is C[C@H]1CC[C@H](Nc2nccc(O[C@@H]3CCOC3)n2)CC1. The Morgan fingerprint density at radius 1 is 1.25 bits per heavy atom. The van der Waals surface area contributed by atoms with E-state index < -0.39 is 0 Å². The molecule has 0 aromatic carbocycles. The second-order valence-corrected chi connectivity index (χ2v) is 5.92. The lowest BCUT2D eigenvalue weighted by Gasteiger charge is -2.26. The largest absolute Gasteiger partial charge is 0.472 e. The molecule has 0 spiro atoms. The summed E-state index contributed by atoms with van der Waals surface area (Å²) in [6, 6.07) is 2.31. The van der Waals surface area contributed by atoms with Crippen molar-refractivity contribution in [1.29, 1.82) is 0 Å². The second kappa shape index (κ2) is 6.39. The Kier molecular flexibility index (Phi) is 4.35. The normalized spacial score (nSPS) is 30.1. The fourth-order valence-electron chi connectivity index (χ4n) is 2.84. The van der Waals surface area contributed by atoms with Crippen LogP contribution in [0.5, 0.6) is 5.88 Å². The molecule has 1 aliphatic carbocycles. The van der Waals surface area contributed by atoms with Crippen LogP contribution < -0.4 is 10.1 Å². The van der Waals surface area contributed by atoms with Crippen LogP contribution in [0.2, 0.25) is 0 Å². The molecule has 1 saturated carbocycles. The minimum Gasteiger partial charge on any atom is -0.472 e. The van der Waals surface area contributed by atoms with Crippen molar-refractivity contribution in [3.63, 3.8) is 0 Å². The zero-order chi connectivity index (χ0) is 13.8. The van der Waals surface area contributed by atoms with Crippen LogP contribution in [0.3, 0.4) is 0 Å². The van der Waals surface area contributed by atoms with E-state index in [-0.39, 0.29) is 6.10 Å². The van der Waals surface area contributed by atoms with Crippen molar-refractivity contribution in [2.75, 3.05) is 18.5 Å². The molecule has 0 amide bonds. The summed E-state index contributed by atoms with van der Waals surface area (Å²) in [6.45, 7) is 3.76. The molecule has 1 N–H and O–H groups in total. The second-order valence-electron chi connectivity index (χ2n) is 5.92. The minimum absolute atomic E-state index is 0.133. The average molecular weight is 277 g/mol. The zero-order valence-electron chi connectivity index (χ0n) is 12.0. The molecule has 0 unspecified atom stereocenters. The summed E-state index contributed by atoms with van der Waals surface area (Å²) in [6.07, 6.45) is 7.80. The van der Waals surface area contributed by atoms with Gasteiger partial charge in [0.2, 0.25) is 11.8 Å². The van der Waals surface area contributed by atoms with Gasteiger partial charge in [0.15, 0.2) is 0 Å². The highest BCUT2D eigenvalue weighted by Gasteiger charge is 2.20. The summed E-state index contributed by atoms with van der Waals surface area (Å²) in [5, 5.41) is 3.43. The van der Waals surface area contributed by atoms with Gasteiger partial charge in [0.25, 0.3) is 0 Å². The number of ether oxygens (including phenoxy) is 2. The van der Waals surface area contributed by atoms with Crippen molar-refractivity contribution >= 4 is 5.95 Å². The molecule has 0 bridgehead atoms. The molecule has 20 heavy (non-hydrogen) atoms. The van der Waals surface area contributed by atoms with Crippen LogP contribution in [0, 0.1) is 5.92 Å². The number of rotatable bonds is 4. The van der Waals surface area contributed by atoms with Gasteiger partial charge >= 0.3 is 0 Å². The maximum Gasteiger partial charge on any atom is 0.226 e. The van der Waals surface area contributed by atoms with Crippen LogP contribution in [0.15, 0.2) is 12.3 Å². The Hall–Kier alpha value is -1.36. The Balaban J connectivity index is 1.56. The number of aromatic nitrogens is 2. The molecule has 2 aliphatic rings. The van der Waals surface area contributed by atoms with Crippen molar-refractivity contribution in [3.05, 3.63) is 12.3 Å². The highest BCUT2D eigenvalue weighted by molar-refractivity contribution is 5.29. The number of hydrogen-bond donors (Lipinski definition) is 1. The van der Waals surface area contributed by atoms with Crippen molar-refractivity contribution in [2.24, 2.45) is 5.92 Å². The fraction of sp³-hybridized carbons (Fsp3) is 0.733. The molecule has 3 rings (SSSR count). The van der Waals surface area contributed by atoms with Gasteiger partial charge < -0.3 is 14.8 Å². The smallest absolute Gasteiger partial charge is 0.226 e. The van der Waals surface area contributed by atoms with Gasteiger partial charge in [-0.15, -0.1) is 0 Å².